The third kappa shape index (κ3) is 3.69. The molecule has 8 atom stereocenters. The topological polar surface area (TPSA) is 37.3 Å². The van der Waals surface area contributed by atoms with Crippen LogP contribution in [-0.4, -0.2) is 11.1 Å². The van der Waals surface area contributed by atoms with Gasteiger partial charge < -0.3 is 5.11 Å². The Hall–Kier alpha value is -0.790. The summed E-state index contributed by atoms with van der Waals surface area (Å²) < 4.78 is 0. The highest BCUT2D eigenvalue weighted by Crippen LogP contribution is 2.67. The van der Waals surface area contributed by atoms with Gasteiger partial charge in [-0.25, -0.2) is 0 Å². The molecule has 3 saturated carbocycles. The molecular formula is C28H46O2. The molecule has 0 aromatic carbocycles. The van der Waals surface area contributed by atoms with Crippen LogP contribution in [0.5, 0.6) is 0 Å². The summed E-state index contributed by atoms with van der Waals surface area (Å²) in [5, 5.41) is 9.55. The van der Waals surface area contributed by atoms with E-state index in [1.807, 2.05) is 0 Å². The Bertz CT molecular complexity index is 678. The highest BCUT2D eigenvalue weighted by Gasteiger charge is 2.59. The Balaban J connectivity index is 1.49. The second-order valence-electron chi connectivity index (χ2n) is 12.6. The Labute approximate surface area is 185 Å². The number of hydrogen-bond donors (Lipinski definition) is 1. The van der Waals surface area contributed by atoms with E-state index >= 15 is 0 Å². The predicted molar refractivity (Wildman–Crippen MR) is 124 cm³/mol. The van der Waals surface area contributed by atoms with Crippen molar-refractivity contribution in [3.63, 3.8) is 0 Å². The Kier molecular flexibility index (Phi) is 6.19. The SMILES string of the molecule is CC(C)CCCC(C)C1CCC2C3CC=C4CC(C(=O)O)CCC4(C)C3CCC12C. The minimum atomic E-state index is -0.582. The molecule has 0 spiro atoms. The highest BCUT2D eigenvalue weighted by molar-refractivity contribution is 5.70. The van der Waals surface area contributed by atoms with E-state index in [1.165, 1.54) is 56.9 Å². The van der Waals surface area contributed by atoms with Crippen LogP contribution in [-0.2, 0) is 4.79 Å². The quantitative estimate of drug-likeness (QED) is 0.451. The number of allylic oxidation sites excluding steroid dienone is 2. The van der Waals surface area contributed by atoms with E-state index in [1.54, 1.807) is 0 Å². The predicted octanol–water partition coefficient (Wildman–Crippen LogP) is 7.73. The second-order valence-corrected chi connectivity index (χ2v) is 12.6. The molecule has 2 nitrogen and oxygen atoms in total. The van der Waals surface area contributed by atoms with Crippen molar-refractivity contribution in [1.82, 2.24) is 0 Å². The van der Waals surface area contributed by atoms with E-state index in [4.69, 9.17) is 0 Å². The fourth-order valence-corrected chi connectivity index (χ4v) is 8.90. The van der Waals surface area contributed by atoms with Crippen molar-refractivity contribution in [2.75, 3.05) is 0 Å². The van der Waals surface area contributed by atoms with Crippen molar-refractivity contribution in [2.45, 2.75) is 105 Å². The van der Waals surface area contributed by atoms with Gasteiger partial charge >= 0.3 is 5.97 Å². The summed E-state index contributed by atoms with van der Waals surface area (Å²) in [6.45, 7) is 12.4. The van der Waals surface area contributed by atoms with Crippen LogP contribution in [0.2, 0.25) is 0 Å². The van der Waals surface area contributed by atoms with Gasteiger partial charge in [-0.1, -0.05) is 65.5 Å². The first kappa shape index (κ1) is 22.4. The van der Waals surface area contributed by atoms with Gasteiger partial charge in [-0.05, 0) is 97.7 Å². The third-order valence-electron chi connectivity index (χ3n) is 10.7. The summed E-state index contributed by atoms with van der Waals surface area (Å²) in [7, 11) is 0. The van der Waals surface area contributed by atoms with E-state index in [0.29, 0.717) is 5.41 Å². The number of carboxylic acids is 1. The number of rotatable bonds is 6. The summed E-state index contributed by atoms with van der Waals surface area (Å²) >= 11 is 0. The zero-order chi connectivity index (χ0) is 21.7. The van der Waals surface area contributed by atoms with Crippen molar-refractivity contribution in [1.29, 1.82) is 0 Å². The second kappa shape index (κ2) is 8.28. The number of carbonyl (C=O) groups is 1. The molecule has 8 unspecified atom stereocenters. The molecule has 2 heteroatoms. The maximum atomic E-state index is 11.6. The average molecular weight is 415 g/mol. The van der Waals surface area contributed by atoms with Crippen molar-refractivity contribution in [3.8, 4) is 0 Å². The summed E-state index contributed by atoms with van der Waals surface area (Å²) in [5.74, 6) is 4.41. The maximum Gasteiger partial charge on any atom is 0.306 e. The van der Waals surface area contributed by atoms with E-state index in [-0.39, 0.29) is 11.3 Å². The zero-order valence-electron chi connectivity index (χ0n) is 20.3. The maximum absolute atomic E-state index is 11.6. The summed E-state index contributed by atoms with van der Waals surface area (Å²) in [4.78, 5) is 11.6. The van der Waals surface area contributed by atoms with Gasteiger partial charge in [0.25, 0.3) is 0 Å². The molecule has 0 aliphatic heterocycles. The monoisotopic (exact) mass is 414 g/mol. The van der Waals surface area contributed by atoms with E-state index in [9.17, 15) is 9.90 Å². The van der Waals surface area contributed by atoms with E-state index < -0.39 is 5.97 Å². The molecule has 0 aromatic rings. The lowest BCUT2D eigenvalue weighted by atomic mass is 9.46. The molecule has 4 aliphatic carbocycles. The molecule has 0 heterocycles. The first-order valence-electron chi connectivity index (χ1n) is 13.1. The van der Waals surface area contributed by atoms with Gasteiger partial charge in [-0.15, -0.1) is 0 Å². The van der Waals surface area contributed by atoms with E-state index in [0.717, 1.165) is 54.8 Å². The van der Waals surface area contributed by atoms with Gasteiger partial charge in [-0.2, -0.15) is 0 Å². The number of carboxylic acid groups (broad SMARTS) is 1. The standard InChI is InChI=1S/C28H46O2/c1-18(2)7-6-8-19(3)23-11-12-24-22-10-9-21-17-20(26(29)30)13-15-27(21,4)25(22)14-16-28(23,24)5/h9,18-20,22-25H,6-8,10-17H2,1-5H3,(H,29,30). The molecule has 0 aromatic heterocycles. The molecule has 30 heavy (non-hydrogen) atoms. The molecule has 0 saturated heterocycles. The number of fused-ring (bicyclic) bond motifs is 5. The molecule has 0 bridgehead atoms. The van der Waals surface area contributed by atoms with Gasteiger partial charge in [0.05, 0.1) is 5.92 Å². The lowest BCUT2D eigenvalue weighted by Gasteiger charge is -2.58. The molecular weight excluding hydrogens is 368 g/mol. The molecule has 4 aliphatic rings. The molecule has 170 valence electrons. The van der Waals surface area contributed by atoms with Crippen LogP contribution in [0.3, 0.4) is 0 Å². The van der Waals surface area contributed by atoms with E-state index in [2.05, 4.69) is 40.7 Å². The van der Waals surface area contributed by atoms with Crippen LogP contribution < -0.4 is 0 Å². The lowest BCUT2D eigenvalue weighted by molar-refractivity contribution is -0.143. The summed E-state index contributed by atoms with van der Waals surface area (Å²) in [6, 6.07) is 0. The molecule has 1 N–H and O–H groups in total. The van der Waals surface area contributed by atoms with Crippen molar-refractivity contribution in [2.24, 2.45) is 52.3 Å². The van der Waals surface area contributed by atoms with Gasteiger partial charge in [-0.3, -0.25) is 4.79 Å². The fourth-order valence-electron chi connectivity index (χ4n) is 8.90. The van der Waals surface area contributed by atoms with Crippen molar-refractivity contribution >= 4 is 5.97 Å². The smallest absolute Gasteiger partial charge is 0.306 e. The first-order valence-corrected chi connectivity index (χ1v) is 13.1. The lowest BCUT2D eigenvalue weighted by Crippen LogP contribution is -2.50. The normalized spacial score (nSPS) is 44.1. The molecule has 3 fully saturated rings. The summed E-state index contributed by atoms with van der Waals surface area (Å²) in [6.07, 6.45) is 16.4. The van der Waals surface area contributed by atoms with Crippen LogP contribution in [0.15, 0.2) is 11.6 Å². The van der Waals surface area contributed by atoms with Crippen LogP contribution in [0.1, 0.15) is 105 Å². The van der Waals surface area contributed by atoms with Gasteiger partial charge in [0.1, 0.15) is 0 Å². The largest absolute Gasteiger partial charge is 0.481 e. The Morgan fingerprint density at radius 2 is 1.83 bits per heavy atom. The average Bonchev–Trinajstić information content (AvgIpc) is 3.04. The first-order chi connectivity index (χ1) is 14.2. The highest BCUT2D eigenvalue weighted by atomic mass is 16.4. The van der Waals surface area contributed by atoms with Crippen LogP contribution in [0, 0.1) is 52.3 Å². The van der Waals surface area contributed by atoms with Crippen molar-refractivity contribution in [3.05, 3.63) is 11.6 Å². The van der Waals surface area contributed by atoms with Gasteiger partial charge in [0.2, 0.25) is 0 Å². The third-order valence-corrected chi connectivity index (χ3v) is 10.7. The van der Waals surface area contributed by atoms with Crippen LogP contribution >= 0.6 is 0 Å². The molecule has 0 radical (unpaired) electrons. The van der Waals surface area contributed by atoms with Crippen LogP contribution in [0.4, 0.5) is 0 Å². The minimum absolute atomic E-state index is 0.141. The number of hydrogen-bond acceptors (Lipinski definition) is 1. The van der Waals surface area contributed by atoms with Gasteiger partial charge in [0, 0.05) is 0 Å². The van der Waals surface area contributed by atoms with Gasteiger partial charge in [0.15, 0.2) is 0 Å². The molecule has 4 rings (SSSR count). The molecule has 0 amide bonds. The fraction of sp³-hybridized carbons (Fsp3) is 0.893. The van der Waals surface area contributed by atoms with Crippen LogP contribution in [0.25, 0.3) is 0 Å². The summed E-state index contributed by atoms with van der Waals surface area (Å²) in [5.41, 5.74) is 2.32. The zero-order valence-corrected chi connectivity index (χ0v) is 20.3. The Morgan fingerprint density at radius 1 is 1.07 bits per heavy atom. The number of aliphatic carboxylic acids is 1. The Morgan fingerprint density at radius 3 is 2.53 bits per heavy atom. The minimum Gasteiger partial charge on any atom is -0.481 e. The van der Waals surface area contributed by atoms with Crippen molar-refractivity contribution < 1.29 is 9.90 Å².